The van der Waals surface area contributed by atoms with E-state index in [9.17, 15) is 23.3 Å². The Hall–Kier alpha value is -3.15. The van der Waals surface area contributed by atoms with Gasteiger partial charge in [-0.05, 0) is 25.1 Å². The second kappa shape index (κ2) is 9.77. The molecule has 164 valence electrons. The van der Waals surface area contributed by atoms with Crippen LogP contribution in [0.25, 0.3) is 0 Å². The van der Waals surface area contributed by atoms with Crippen LogP contribution in [0, 0.1) is 17.0 Å². The number of rotatable bonds is 7. The van der Waals surface area contributed by atoms with E-state index in [1.807, 2.05) is 11.8 Å². The molecule has 0 atom stereocenters. The Morgan fingerprint density at radius 1 is 1.13 bits per heavy atom. The fourth-order valence-corrected chi connectivity index (χ4v) is 4.58. The van der Waals surface area contributed by atoms with E-state index in [-0.39, 0.29) is 41.7 Å². The molecule has 1 saturated heterocycles. The number of amides is 1. The summed E-state index contributed by atoms with van der Waals surface area (Å²) < 4.78 is 26.9. The first kappa shape index (κ1) is 22.5. The van der Waals surface area contributed by atoms with Crippen molar-refractivity contribution in [3.63, 3.8) is 0 Å². The maximum atomic E-state index is 12.7. The van der Waals surface area contributed by atoms with E-state index >= 15 is 0 Å². The van der Waals surface area contributed by atoms with Crippen molar-refractivity contribution in [1.82, 2.24) is 14.6 Å². The summed E-state index contributed by atoms with van der Waals surface area (Å²) in [4.78, 5) is 24.7. The summed E-state index contributed by atoms with van der Waals surface area (Å²) in [6.45, 7) is 3.32. The Morgan fingerprint density at radius 2 is 1.77 bits per heavy atom. The third-order valence-corrected chi connectivity index (χ3v) is 6.80. The summed E-state index contributed by atoms with van der Waals surface area (Å²) in [5, 5.41) is 14.8. The van der Waals surface area contributed by atoms with Crippen LogP contribution in [0.1, 0.15) is 11.1 Å². The molecule has 0 saturated carbocycles. The van der Waals surface area contributed by atoms with Crippen LogP contribution >= 0.6 is 0 Å². The van der Waals surface area contributed by atoms with Gasteiger partial charge in [0, 0.05) is 32.2 Å². The molecule has 2 aromatic carbocycles. The lowest BCUT2D eigenvalue weighted by Gasteiger charge is -2.33. The molecule has 1 aliphatic rings. The quantitative estimate of drug-likeness (QED) is 0.390. The second-order valence-corrected chi connectivity index (χ2v) is 9.04. The normalized spacial score (nSPS) is 15.8. The number of nitrogens with one attached hydrogen (secondary N) is 1. The molecule has 1 N–H and O–H groups in total. The minimum Gasteiger partial charge on any atom is -0.292 e. The number of hydrogen-bond acceptors (Lipinski definition) is 7. The molecule has 0 unspecified atom stereocenters. The summed E-state index contributed by atoms with van der Waals surface area (Å²) in [5.41, 5.74) is 3.51. The molecule has 1 fully saturated rings. The number of sulfonamides is 1. The van der Waals surface area contributed by atoms with Crippen LogP contribution in [0.5, 0.6) is 0 Å². The monoisotopic (exact) mass is 445 g/mol. The number of carbonyl (C=O) groups is 1. The summed E-state index contributed by atoms with van der Waals surface area (Å²) in [7, 11) is -3.56. The highest BCUT2D eigenvalue weighted by Gasteiger charge is 2.28. The number of hydrogen-bond donors (Lipinski definition) is 1. The zero-order valence-electron chi connectivity index (χ0n) is 17.0. The van der Waals surface area contributed by atoms with Crippen molar-refractivity contribution in [3.05, 3.63) is 69.8 Å². The Kier molecular flexibility index (Phi) is 7.10. The maximum absolute atomic E-state index is 12.7. The van der Waals surface area contributed by atoms with Crippen LogP contribution < -0.4 is 5.43 Å². The van der Waals surface area contributed by atoms with Gasteiger partial charge >= 0.3 is 0 Å². The standard InChI is InChI=1S/C20H23N5O5S/c1-16-6-8-18(9-7-16)31(29,30)24-12-10-23(11-13-24)15-20(26)22-21-14-17-4-2-3-5-19(17)25(27)28/h2-9,14H,10-13,15H2,1H3,(H,22,26). The first-order valence-corrected chi connectivity index (χ1v) is 11.1. The fourth-order valence-electron chi connectivity index (χ4n) is 3.16. The largest absolute Gasteiger partial charge is 0.292 e. The molecule has 0 spiro atoms. The van der Waals surface area contributed by atoms with Crippen molar-refractivity contribution >= 4 is 27.8 Å². The van der Waals surface area contributed by atoms with Crippen LogP contribution in [0.2, 0.25) is 0 Å². The van der Waals surface area contributed by atoms with Gasteiger partial charge in [-0.1, -0.05) is 29.8 Å². The smallest absolute Gasteiger partial charge is 0.278 e. The topological polar surface area (TPSA) is 125 Å². The number of carbonyl (C=O) groups excluding carboxylic acids is 1. The number of nitro benzene ring substituents is 1. The molecule has 1 heterocycles. The van der Waals surface area contributed by atoms with Crippen molar-refractivity contribution in [2.24, 2.45) is 5.10 Å². The maximum Gasteiger partial charge on any atom is 0.278 e. The lowest BCUT2D eigenvalue weighted by molar-refractivity contribution is -0.385. The molecule has 0 radical (unpaired) electrons. The van der Waals surface area contributed by atoms with Gasteiger partial charge in [0.05, 0.1) is 28.1 Å². The molecule has 1 aliphatic heterocycles. The molecular weight excluding hydrogens is 422 g/mol. The van der Waals surface area contributed by atoms with Gasteiger partial charge in [-0.3, -0.25) is 19.8 Å². The SMILES string of the molecule is Cc1ccc(S(=O)(=O)N2CCN(CC(=O)NN=Cc3ccccc3[N+](=O)[O-])CC2)cc1. The molecule has 0 aromatic heterocycles. The van der Waals surface area contributed by atoms with Crippen molar-refractivity contribution in [3.8, 4) is 0 Å². The Bertz CT molecular complexity index is 1080. The molecular formula is C20H23N5O5S. The number of aryl methyl sites for hydroxylation is 1. The predicted molar refractivity (Wildman–Crippen MR) is 115 cm³/mol. The first-order valence-electron chi connectivity index (χ1n) is 9.62. The minimum atomic E-state index is -3.56. The van der Waals surface area contributed by atoms with Gasteiger partial charge in [-0.25, -0.2) is 13.8 Å². The molecule has 2 aromatic rings. The summed E-state index contributed by atoms with van der Waals surface area (Å²) in [6, 6.07) is 12.8. The Morgan fingerprint density at radius 3 is 2.42 bits per heavy atom. The number of nitro groups is 1. The van der Waals surface area contributed by atoms with E-state index in [0.29, 0.717) is 13.1 Å². The van der Waals surface area contributed by atoms with E-state index < -0.39 is 14.9 Å². The van der Waals surface area contributed by atoms with Crippen LogP contribution in [-0.4, -0.2) is 67.4 Å². The van der Waals surface area contributed by atoms with Crippen LogP contribution in [0.15, 0.2) is 58.5 Å². The summed E-state index contributed by atoms with van der Waals surface area (Å²) in [5.74, 6) is -0.385. The minimum absolute atomic E-state index is 0.0483. The predicted octanol–water partition coefficient (Wildman–Crippen LogP) is 1.36. The van der Waals surface area contributed by atoms with Gasteiger partial charge in [0.2, 0.25) is 10.0 Å². The number of benzene rings is 2. The molecule has 10 nitrogen and oxygen atoms in total. The van der Waals surface area contributed by atoms with Crippen LogP contribution in [0.4, 0.5) is 5.69 Å². The van der Waals surface area contributed by atoms with Gasteiger partial charge in [0.15, 0.2) is 0 Å². The van der Waals surface area contributed by atoms with E-state index in [1.54, 1.807) is 36.4 Å². The third-order valence-electron chi connectivity index (χ3n) is 4.88. The Balaban J connectivity index is 1.50. The lowest BCUT2D eigenvalue weighted by Crippen LogP contribution is -2.50. The van der Waals surface area contributed by atoms with Gasteiger partial charge in [0.25, 0.3) is 11.6 Å². The first-order chi connectivity index (χ1) is 14.8. The van der Waals surface area contributed by atoms with E-state index in [0.717, 1.165) is 5.56 Å². The second-order valence-electron chi connectivity index (χ2n) is 7.10. The van der Waals surface area contributed by atoms with Crippen LogP contribution in [-0.2, 0) is 14.8 Å². The van der Waals surface area contributed by atoms with E-state index in [2.05, 4.69) is 10.5 Å². The van der Waals surface area contributed by atoms with Crippen molar-refractivity contribution < 1.29 is 18.1 Å². The molecule has 11 heteroatoms. The number of para-hydroxylation sites is 1. The van der Waals surface area contributed by atoms with Crippen molar-refractivity contribution in [2.45, 2.75) is 11.8 Å². The van der Waals surface area contributed by atoms with Crippen LogP contribution in [0.3, 0.4) is 0 Å². The number of piperazine rings is 1. The molecule has 0 aliphatic carbocycles. The lowest BCUT2D eigenvalue weighted by atomic mass is 10.2. The molecule has 31 heavy (non-hydrogen) atoms. The van der Waals surface area contributed by atoms with Gasteiger partial charge in [0.1, 0.15) is 0 Å². The fraction of sp³-hybridized carbons (Fsp3) is 0.300. The zero-order valence-corrected chi connectivity index (χ0v) is 17.8. The average molecular weight is 446 g/mol. The highest BCUT2D eigenvalue weighted by atomic mass is 32.2. The van der Waals surface area contributed by atoms with Crippen molar-refractivity contribution in [2.75, 3.05) is 32.7 Å². The zero-order chi connectivity index (χ0) is 22.4. The van der Waals surface area contributed by atoms with Crippen molar-refractivity contribution in [1.29, 1.82) is 0 Å². The summed E-state index contributed by atoms with van der Waals surface area (Å²) >= 11 is 0. The van der Waals surface area contributed by atoms with Gasteiger partial charge in [-0.2, -0.15) is 9.41 Å². The van der Waals surface area contributed by atoms with E-state index in [1.165, 1.54) is 22.7 Å². The molecule has 3 rings (SSSR count). The highest BCUT2D eigenvalue weighted by molar-refractivity contribution is 7.89. The third kappa shape index (κ3) is 5.72. The molecule has 0 bridgehead atoms. The highest BCUT2D eigenvalue weighted by Crippen LogP contribution is 2.18. The van der Waals surface area contributed by atoms with Gasteiger partial charge in [-0.15, -0.1) is 0 Å². The summed E-state index contributed by atoms with van der Waals surface area (Å²) in [6.07, 6.45) is 1.22. The Labute approximate surface area is 180 Å². The van der Waals surface area contributed by atoms with E-state index in [4.69, 9.17) is 0 Å². The average Bonchev–Trinajstić information content (AvgIpc) is 2.74. The van der Waals surface area contributed by atoms with Gasteiger partial charge < -0.3 is 0 Å². The number of hydrazone groups is 1. The molecule has 1 amide bonds. The number of nitrogens with zero attached hydrogens (tertiary/aromatic N) is 4.